The molecular weight excluding hydrogens is 423 g/mol. The molecule has 3 aromatic rings. The minimum atomic E-state index is -1.29. The minimum Gasteiger partial charge on any atom is -0.477 e. The highest BCUT2D eigenvalue weighted by Crippen LogP contribution is 2.38. The summed E-state index contributed by atoms with van der Waals surface area (Å²) in [6, 6.07) is 13.3. The van der Waals surface area contributed by atoms with E-state index in [-0.39, 0.29) is 23.0 Å². The summed E-state index contributed by atoms with van der Waals surface area (Å²) in [7, 11) is 0. The first-order valence-corrected chi connectivity index (χ1v) is 11.3. The van der Waals surface area contributed by atoms with Gasteiger partial charge in [-0.1, -0.05) is 30.3 Å². The molecule has 1 unspecified atom stereocenters. The quantitative estimate of drug-likeness (QED) is 0.600. The lowest BCUT2D eigenvalue weighted by Crippen LogP contribution is -2.50. The third-order valence-electron chi connectivity index (χ3n) is 6.70. The smallest absolute Gasteiger partial charge is 0.341 e. The summed E-state index contributed by atoms with van der Waals surface area (Å²) in [5, 5.41) is 9.57. The number of rotatable bonds is 6. The number of aromatic nitrogens is 1. The third kappa shape index (κ3) is 4.00. The Bertz CT molecular complexity index is 1260. The highest BCUT2D eigenvalue weighted by atomic mass is 19.1. The molecule has 1 atom stereocenters. The van der Waals surface area contributed by atoms with Gasteiger partial charge in [0.15, 0.2) is 0 Å². The lowest BCUT2D eigenvalue weighted by atomic mass is 10.0. The van der Waals surface area contributed by atoms with Crippen LogP contribution in [-0.2, 0) is 0 Å². The maximum Gasteiger partial charge on any atom is 0.341 e. The molecule has 2 fully saturated rings. The Kier molecular flexibility index (Phi) is 5.64. The lowest BCUT2D eigenvalue weighted by Gasteiger charge is -2.42. The zero-order valence-corrected chi connectivity index (χ0v) is 18.3. The molecule has 2 aliphatic rings. The van der Waals surface area contributed by atoms with Crippen molar-refractivity contribution in [1.29, 1.82) is 0 Å². The molecule has 8 heteroatoms. The third-order valence-corrected chi connectivity index (χ3v) is 6.70. The van der Waals surface area contributed by atoms with E-state index in [2.05, 4.69) is 17.0 Å². The van der Waals surface area contributed by atoms with Gasteiger partial charge in [-0.15, -0.1) is 0 Å². The van der Waals surface area contributed by atoms with E-state index >= 15 is 4.39 Å². The molecule has 2 aromatic carbocycles. The van der Waals surface area contributed by atoms with Crippen molar-refractivity contribution in [2.75, 3.05) is 37.6 Å². The molecule has 1 saturated heterocycles. The number of pyridine rings is 1. The average Bonchev–Trinajstić information content (AvgIpc) is 3.66. The van der Waals surface area contributed by atoms with Crippen LogP contribution in [0.25, 0.3) is 10.9 Å². The largest absolute Gasteiger partial charge is 0.477 e. The Labute approximate surface area is 190 Å². The number of halogens is 1. The Balaban J connectivity index is 1.58. The summed E-state index contributed by atoms with van der Waals surface area (Å²) in [5.41, 5.74) is 7.05. The van der Waals surface area contributed by atoms with Gasteiger partial charge in [0.25, 0.3) is 0 Å². The number of carboxylic acid groups (broad SMARTS) is 1. The number of hydrogen-bond donors (Lipinski definition) is 2. The van der Waals surface area contributed by atoms with Gasteiger partial charge in [-0.3, -0.25) is 9.69 Å². The Morgan fingerprint density at radius 3 is 2.58 bits per heavy atom. The van der Waals surface area contributed by atoms with E-state index in [1.165, 1.54) is 12.3 Å². The Morgan fingerprint density at radius 2 is 1.91 bits per heavy atom. The molecule has 1 saturated carbocycles. The van der Waals surface area contributed by atoms with Crippen molar-refractivity contribution >= 4 is 22.6 Å². The Morgan fingerprint density at radius 1 is 1.15 bits per heavy atom. The van der Waals surface area contributed by atoms with Gasteiger partial charge in [0, 0.05) is 50.3 Å². The van der Waals surface area contributed by atoms with E-state index in [0.29, 0.717) is 30.8 Å². The molecule has 1 aliphatic carbocycles. The van der Waals surface area contributed by atoms with Crippen molar-refractivity contribution in [2.45, 2.75) is 24.9 Å². The first kappa shape index (κ1) is 21.6. The van der Waals surface area contributed by atoms with Crippen molar-refractivity contribution in [3.8, 4) is 0 Å². The molecule has 0 amide bonds. The van der Waals surface area contributed by atoms with Crippen LogP contribution in [0.1, 0.15) is 40.8 Å². The number of fused-ring (bicyclic) bond motifs is 1. The average molecular weight is 451 g/mol. The molecule has 2 heterocycles. The molecule has 1 aromatic heterocycles. The van der Waals surface area contributed by atoms with Gasteiger partial charge in [0.05, 0.1) is 17.2 Å². The van der Waals surface area contributed by atoms with Crippen LogP contribution < -0.4 is 16.1 Å². The van der Waals surface area contributed by atoms with Crippen LogP contribution in [-0.4, -0.2) is 53.3 Å². The predicted molar refractivity (Wildman–Crippen MR) is 125 cm³/mol. The second-order valence-corrected chi connectivity index (χ2v) is 8.83. The number of anilines is 1. The van der Waals surface area contributed by atoms with Crippen molar-refractivity contribution < 1.29 is 14.3 Å². The second-order valence-electron chi connectivity index (χ2n) is 8.83. The number of carboxylic acids is 1. The second kappa shape index (κ2) is 8.61. The fourth-order valence-electron chi connectivity index (χ4n) is 4.87. The lowest BCUT2D eigenvalue weighted by molar-refractivity contribution is 0.0695. The SMILES string of the molecule is NCCN1CCN(c2cc3c(cc2F)c(=O)c(C(=O)O)cn3C2CC2)CC1c1ccccc1. The molecule has 0 bridgehead atoms. The first-order valence-electron chi connectivity index (χ1n) is 11.3. The summed E-state index contributed by atoms with van der Waals surface area (Å²) < 4.78 is 17.2. The van der Waals surface area contributed by atoms with Gasteiger partial charge in [-0.2, -0.15) is 0 Å². The number of nitrogens with zero attached hydrogens (tertiary/aromatic N) is 3. The van der Waals surface area contributed by atoms with Crippen LogP contribution in [0.3, 0.4) is 0 Å². The van der Waals surface area contributed by atoms with E-state index < -0.39 is 17.2 Å². The Hall–Kier alpha value is -3.23. The fourth-order valence-corrected chi connectivity index (χ4v) is 4.87. The highest BCUT2D eigenvalue weighted by Gasteiger charge is 2.31. The van der Waals surface area contributed by atoms with E-state index in [1.807, 2.05) is 27.7 Å². The zero-order valence-electron chi connectivity index (χ0n) is 18.3. The van der Waals surface area contributed by atoms with E-state index in [4.69, 9.17) is 5.73 Å². The van der Waals surface area contributed by atoms with Crippen LogP contribution in [0.2, 0.25) is 0 Å². The highest BCUT2D eigenvalue weighted by molar-refractivity contribution is 5.93. The van der Waals surface area contributed by atoms with Crippen LogP contribution in [0, 0.1) is 5.82 Å². The summed E-state index contributed by atoms with van der Waals surface area (Å²) in [4.78, 5) is 28.7. The van der Waals surface area contributed by atoms with Gasteiger partial charge in [-0.05, 0) is 30.5 Å². The molecule has 7 nitrogen and oxygen atoms in total. The molecule has 33 heavy (non-hydrogen) atoms. The van der Waals surface area contributed by atoms with Crippen LogP contribution in [0.5, 0.6) is 0 Å². The number of aromatic carboxylic acids is 1. The molecule has 172 valence electrons. The van der Waals surface area contributed by atoms with E-state index in [0.717, 1.165) is 31.5 Å². The van der Waals surface area contributed by atoms with Crippen LogP contribution in [0.15, 0.2) is 53.5 Å². The minimum absolute atomic E-state index is 0.0682. The maximum atomic E-state index is 15.4. The number of piperazine rings is 1. The number of hydrogen-bond acceptors (Lipinski definition) is 5. The topological polar surface area (TPSA) is 91.8 Å². The van der Waals surface area contributed by atoms with Gasteiger partial charge < -0.3 is 20.3 Å². The van der Waals surface area contributed by atoms with Gasteiger partial charge in [0.1, 0.15) is 11.4 Å². The standard InChI is InChI=1S/C25H27FN4O3/c26-20-12-18-21(30(17-6-7-17)14-19(24(18)31)25(32)33)13-22(20)29-11-10-28(9-8-27)23(15-29)16-4-2-1-3-5-16/h1-5,12-14,17,23H,6-11,15,27H2,(H,32,33). The number of carbonyl (C=O) groups is 1. The predicted octanol–water partition coefficient (Wildman–Crippen LogP) is 3.00. The van der Waals surface area contributed by atoms with Gasteiger partial charge >= 0.3 is 5.97 Å². The summed E-state index contributed by atoms with van der Waals surface area (Å²) in [6.45, 7) is 3.27. The normalized spacial score (nSPS) is 19.2. The first-order chi connectivity index (χ1) is 16.0. The molecule has 5 rings (SSSR count). The summed E-state index contributed by atoms with van der Waals surface area (Å²) in [6.07, 6.45) is 3.24. The molecule has 3 N–H and O–H groups in total. The van der Waals surface area contributed by atoms with Gasteiger partial charge in [-0.25, -0.2) is 9.18 Å². The monoisotopic (exact) mass is 450 g/mol. The van der Waals surface area contributed by atoms with Crippen molar-refractivity contribution in [2.24, 2.45) is 5.73 Å². The number of nitrogens with two attached hydrogens (primary N) is 1. The van der Waals surface area contributed by atoms with E-state index in [9.17, 15) is 14.7 Å². The van der Waals surface area contributed by atoms with Gasteiger partial charge in [0.2, 0.25) is 5.43 Å². The van der Waals surface area contributed by atoms with Crippen LogP contribution >= 0.6 is 0 Å². The van der Waals surface area contributed by atoms with Crippen molar-refractivity contribution in [3.05, 3.63) is 75.8 Å². The van der Waals surface area contributed by atoms with Crippen molar-refractivity contribution in [1.82, 2.24) is 9.47 Å². The summed E-state index contributed by atoms with van der Waals surface area (Å²) in [5.74, 6) is -1.80. The summed E-state index contributed by atoms with van der Waals surface area (Å²) >= 11 is 0. The molecule has 0 spiro atoms. The number of benzene rings is 2. The van der Waals surface area contributed by atoms with Crippen LogP contribution in [0.4, 0.5) is 10.1 Å². The van der Waals surface area contributed by atoms with E-state index in [1.54, 1.807) is 6.07 Å². The molecule has 1 aliphatic heterocycles. The molecular formula is C25H27FN4O3. The van der Waals surface area contributed by atoms with Crippen molar-refractivity contribution in [3.63, 3.8) is 0 Å². The fraction of sp³-hybridized carbons (Fsp3) is 0.360. The molecule has 0 radical (unpaired) electrons. The maximum absolute atomic E-state index is 15.4. The zero-order chi connectivity index (χ0) is 23.1.